The Morgan fingerprint density at radius 3 is 2.28 bits per heavy atom. The summed E-state index contributed by atoms with van der Waals surface area (Å²) in [4.78, 5) is 24.1. The van der Waals surface area contributed by atoms with Gasteiger partial charge >= 0.3 is 5.97 Å². The van der Waals surface area contributed by atoms with Gasteiger partial charge in [0.05, 0.1) is 6.42 Å². The molecule has 1 amide bonds. The molecule has 106 valence electrons. The minimum atomic E-state index is -0.752. The monoisotopic (exact) mass is 275 g/mol. The molecule has 18 heavy (non-hydrogen) atoms. The fourth-order valence-electron chi connectivity index (χ4n) is 1.85. The molecule has 4 nitrogen and oxygen atoms in total. The van der Waals surface area contributed by atoms with Gasteiger partial charge in [0, 0.05) is 24.3 Å². The summed E-state index contributed by atoms with van der Waals surface area (Å²) < 4.78 is 0. The van der Waals surface area contributed by atoms with E-state index in [0.29, 0.717) is 12.2 Å². The molecule has 0 bridgehead atoms. The number of carboxylic acids is 1. The van der Waals surface area contributed by atoms with E-state index in [-0.39, 0.29) is 17.9 Å². The molecule has 0 aliphatic rings. The van der Waals surface area contributed by atoms with Gasteiger partial charge in [-0.05, 0) is 32.9 Å². The van der Waals surface area contributed by atoms with E-state index in [1.165, 1.54) is 0 Å². The molecule has 0 unspecified atom stereocenters. The van der Waals surface area contributed by atoms with Crippen LogP contribution in [-0.4, -0.2) is 45.5 Å². The second kappa shape index (κ2) is 8.40. The van der Waals surface area contributed by atoms with Crippen LogP contribution in [-0.2, 0) is 9.59 Å². The topological polar surface area (TPSA) is 57.6 Å². The van der Waals surface area contributed by atoms with Crippen LogP contribution in [0, 0.1) is 0 Å². The van der Waals surface area contributed by atoms with Gasteiger partial charge in [0.25, 0.3) is 0 Å². The Morgan fingerprint density at radius 2 is 1.83 bits per heavy atom. The molecule has 0 radical (unpaired) electrons. The zero-order valence-corrected chi connectivity index (χ0v) is 12.7. The number of amides is 1. The van der Waals surface area contributed by atoms with E-state index >= 15 is 0 Å². The highest BCUT2D eigenvalue weighted by atomic mass is 32.2. The Labute approximate surface area is 114 Å². The largest absolute Gasteiger partial charge is 0.481 e. The SMILES string of the molecule is CCC(=O)N(CC)C(C)(C)CCSCCC(=O)O. The van der Waals surface area contributed by atoms with Gasteiger partial charge in [0.2, 0.25) is 5.91 Å². The maximum absolute atomic E-state index is 11.8. The maximum Gasteiger partial charge on any atom is 0.304 e. The molecule has 0 aromatic carbocycles. The molecule has 0 saturated carbocycles. The highest BCUT2D eigenvalue weighted by molar-refractivity contribution is 7.99. The number of carbonyl (C=O) groups excluding carboxylic acids is 1. The molecule has 0 aromatic rings. The summed E-state index contributed by atoms with van der Waals surface area (Å²) in [6.07, 6.45) is 1.62. The van der Waals surface area contributed by atoms with Crippen molar-refractivity contribution in [2.24, 2.45) is 0 Å². The molecule has 1 N–H and O–H groups in total. The number of rotatable bonds is 9. The molecule has 0 aliphatic carbocycles. The van der Waals surface area contributed by atoms with Crippen molar-refractivity contribution in [1.29, 1.82) is 0 Å². The molecule has 0 saturated heterocycles. The van der Waals surface area contributed by atoms with Gasteiger partial charge < -0.3 is 10.0 Å². The first-order chi connectivity index (χ1) is 8.35. The van der Waals surface area contributed by atoms with Crippen LogP contribution in [0.2, 0.25) is 0 Å². The highest BCUT2D eigenvalue weighted by Gasteiger charge is 2.28. The van der Waals surface area contributed by atoms with Crippen LogP contribution >= 0.6 is 11.8 Å². The average Bonchev–Trinajstić information content (AvgIpc) is 2.28. The zero-order valence-electron chi connectivity index (χ0n) is 11.9. The minimum absolute atomic E-state index is 0.155. The van der Waals surface area contributed by atoms with Gasteiger partial charge in [-0.3, -0.25) is 9.59 Å². The van der Waals surface area contributed by atoms with Gasteiger partial charge in [-0.15, -0.1) is 0 Å². The first-order valence-electron chi connectivity index (χ1n) is 6.45. The summed E-state index contributed by atoms with van der Waals surface area (Å²) >= 11 is 1.64. The second-order valence-electron chi connectivity index (χ2n) is 4.81. The number of nitrogens with zero attached hydrogens (tertiary/aromatic N) is 1. The van der Waals surface area contributed by atoms with Crippen molar-refractivity contribution in [3.8, 4) is 0 Å². The lowest BCUT2D eigenvalue weighted by Gasteiger charge is -2.38. The first kappa shape index (κ1) is 17.3. The van der Waals surface area contributed by atoms with E-state index in [1.807, 2.05) is 18.7 Å². The molecule has 0 spiro atoms. The van der Waals surface area contributed by atoms with Crippen LogP contribution in [0.5, 0.6) is 0 Å². The number of hydrogen-bond acceptors (Lipinski definition) is 3. The number of hydrogen-bond donors (Lipinski definition) is 1. The summed E-state index contributed by atoms with van der Waals surface area (Å²) in [5.41, 5.74) is -0.155. The van der Waals surface area contributed by atoms with Crippen LogP contribution in [0.15, 0.2) is 0 Å². The Morgan fingerprint density at radius 1 is 1.22 bits per heavy atom. The standard InChI is InChI=1S/C13H25NO3S/c1-5-11(15)14(6-2)13(3,4)8-10-18-9-7-12(16)17/h5-10H2,1-4H3,(H,16,17). The van der Waals surface area contributed by atoms with Crippen molar-refractivity contribution in [2.75, 3.05) is 18.1 Å². The fourth-order valence-corrected chi connectivity index (χ4v) is 3.02. The lowest BCUT2D eigenvalue weighted by Crippen LogP contribution is -2.47. The maximum atomic E-state index is 11.8. The predicted molar refractivity (Wildman–Crippen MR) is 76.0 cm³/mol. The highest BCUT2D eigenvalue weighted by Crippen LogP contribution is 2.22. The average molecular weight is 275 g/mol. The van der Waals surface area contributed by atoms with Gasteiger partial charge in [-0.2, -0.15) is 11.8 Å². The lowest BCUT2D eigenvalue weighted by atomic mass is 9.98. The third-order valence-electron chi connectivity index (χ3n) is 2.97. The van der Waals surface area contributed by atoms with E-state index in [2.05, 4.69) is 13.8 Å². The van der Waals surface area contributed by atoms with Crippen molar-refractivity contribution >= 4 is 23.6 Å². The Bertz CT molecular complexity index is 279. The van der Waals surface area contributed by atoms with E-state index in [0.717, 1.165) is 18.7 Å². The van der Waals surface area contributed by atoms with Crippen molar-refractivity contribution in [1.82, 2.24) is 4.90 Å². The van der Waals surface area contributed by atoms with Crippen LogP contribution in [0.25, 0.3) is 0 Å². The molecule has 0 heterocycles. The molecule has 0 atom stereocenters. The van der Waals surface area contributed by atoms with Crippen LogP contribution in [0.3, 0.4) is 0 Å². The van der Waals surface area contributed by atoms with Gasteiger partial charge in [-0.1, -0.05) is 6.92 Å². The van der Waals surface area contributed by atoms with Crippen LogP contribution in [0.4, 0.5) is 0 Å². The molecular formula is C13H25NO3S. The summed E-state index contributed by atoms with van der Waals surface area (Å²) in [5.74, 6) is 0.948. The van der Waals surface area contributed by atoms with Gasteiger partial charge in [-0.25, -0.2) is 0 Å². The van der Waals surface area contributed by atoms with Crippen molar-refractivity contribution in [3.05, 3.63) is 0 Å². The van der Waals surface area contributed by atoms with Gasteiger partial charge in [0.1, 0.15) is 0 Å². The summed E-state index contributed by atoms with van der Waals surface area (Å²) in [5, 5.41) is 8.54. The smallest absolute Gasteiger partial charge is 0.304 e. The third kappa shape index (κ3) is 6.28. The Kier molecular flexibility index (Phi) is 8.07. The fraction of sp³-hybridized carbons (Fsp3) is 0.846. The normalized spacial score (nSPS) is 11.3. The van der Waals surface area contributed by atoms with Crippen LogP contribution in [0.1, 0.15) is 47.0 Å². The summed E-state index contributed by atoms with van der Waals surface area (Å²) in [6, 6.07) is 0. The Balaban J connectivity index is 4.11. The van der Waals surface area contributed by atoms with E-state index in [9.17, 15) is 9.59 Å². The van der Waals surface area contributed by atoms with Crippen LogP contribution < -0.4 is 0 Å². The number of carbonyl (C=O) groups is 2. The third-order valence-corrected chi connectivity index (χ3v) is 3.95. The second-order valence-corrected chi connectivity index (χ2v) is 6.03. The molecular weight excluding hydrogens is 250 g/mol. The molecule has 0 fully saturated rings. The van der Waals surface area contributed by atoms with Crippen molar-refractivity contribution < 1.29 is 14.7 Å². The number of thioether (sulfide) groups is 1. The quantitative estimate of drug-likeness (QED) is 0.657. The van der Waals surface area contributed by atoms with E-state index in [4.69, 9.17) is 5.11 Å². The van der Waals surface area contributed by atoms with Crippen molar-refractivity contribution in [3.63, 3.8) is 0 Å². The molecule has 0 rings (SSSR count). The molecule has 5 heteroatoms. The van der Waals surface area contributed by atoms with E-state index < -0.39 is 5.97 Å². The number of carboxylic acid groups (broad SMARTS) is 1. The Hall–Kier alpha value is -0.710. The summed E-state index contributed by atoms with van der Waals surface area (Å²) in [7, 11) is 0. The number of aliphatic carboxylic acids is 1. The van der Waals surface area contributed by atoms with E-state index in [1.54, 1.807) is 11.8 Å². The van der Waals surface area contributed by atoms with Crippen molar-refractivity contribution in [2.45, 2.75) is 52.5 Å². The predicted octanol–water partition coefficient (Wildman–Crippen LogP) is 2.62. The first-order valence-corrected chi connectivity index (χ1v) is 7.60. The zero-order chi connectivity index (χ0) is 14.2. The minimum Gasteiger partial charge on any atom is -0.481 e. The molecule has 0 aromatic heterocycles. The van der Waals surface area contributed by atoms with Gasteiger partial charge in [0.15, 0.2) is 0 Å². The molecule has 0 aliphatic heterocycles. The summed E-state index contributed by atoms with van der Waals surface area (Å²) in [6.45, 7) is 8.73. The lowest BCUT2D eigenvalue weighted by molar-refractivity contribution is -0.137.